The zero-order valence-corrected chi connectivity index (χ0v) is 14.0. The first-order valence-electron chi connectivity index (χ1n) is 8.11. The van der Waals surface area contributed by atoms with Gasteiger partial charge in [0.05, 0.1) is 6.21 Å². The lowest BCUT2D eigenvalue weighted by atomic mass is 10.2. The molecule has 0 spiro atoms. The second kappa shape index (κ2) is 9.22. The monoisotopic (exact) mass is 339 g/mol. The van der Waals surface area contributed by atoms with Crippen molar-refractivity contribution in [3.05, 3.63) is 59.7 Å². The number of carbonyl (C=O) groups excluding carboxylic acids is 2. The molecule has 0 heterocycles. The smallest absolute Gasteiger partial charge is 0.271 e. The average Bonchev–Trinajstić information content (AvgIpc) is 2.62. The second-order valence-corrected chi connectivity index (χ2v) is 5.49. The Hall–Kier alpha value is -3.15. The van der Waals surface area contributed by atoms with Crippen LogP contribution in [0.15, 0.2) is 53.6 Å². The highest BCUT2D eigenvalue weighted by Gasteiger charge is 2.06. The Balaban J connectivity index is 1.90. The van der Waals surface area contributed by atoms with Crippen molar-refractivity contribution >= 4 is 23.7 Å². The summed E-state index contributed by atoms with van der Waals surface area (Å²) in [5.74, 6) is -0.328. The molecule has 2 rings (SSSR count). The van der Waals surface area contributed by atoms with Gasteiger partial charge < -0.3 is 10.4 Å². The molecule has 0 aromatic heterocycles. The molecular formula is C19H21N3O3. The summed E-state index contributed by atoms with van der Waals surface area (Å²) in [5, 5.41) is 16.2. The zero-order chi connectivity index (χ0) is 18.1. The molecule has 0 unspecified atom stereocenters. The van der Waals surface area contributed by atoms with Crippen molar-refractivity contribution < 1.29 is 14.7 Å². The maximum Gasteiger partial charge on any atom is 0.271 e. The standard InChI is InChI=1S/C19H21N3O3/c1-2-3-8-18(24)21-16-11-9-14(10-12-16)19(25)22-20-13-15-6-4-5-7-17(15)23/h4-7,9-13,23H,2-3,8H2,1H3,(H,21,24)(H,22,25)/b20-13+. The fourth-order valence-electron chi connectivity index (χ4n) is 2.09. The zero-order valence-electron chi connectivity index (χ0n) is 14.0. The number of hydrazone groups is 1. The van der Waals surface area contributed by atoms with E-state index in [0.29, 0.717) is 23.2 Å². The van der Waals surface area contributed by atoms with Gasteiger partial charge in [0.15, 0.2) is 0 Å². The highest BCUT2D eigenvalue weighted by molar-refractivity contribution is 5.96. The van der Waals surface area contributed by atoms with E-state index in [1.165, 1.54) is 12.3 Å². The molecule has 0 aliphatic rings. The summed E-state index contributed by atoms with van der Waals surface area (Å²) >= 11 is 0. The molecular weight excluding hydrogens is 318 g/mol. The van der Waals surface area contributed by atoms with Gasteiger partial charge in [-0.15, -0.1) is 0 Å². The first-order valence-corrected chi connectivity index (χ1v) is 8.11. The van der Waals surface area contributed by atoms with Gasteiger partial charge in [-0.1, -0.05) is 25.5 Å². The number of para-hydroxylation sites is 1. The number of aromatic hydroxyl groups is 1. The van der Waals surface area contributed by atoms with Gasteiger partial charge in [-0.05, 0) is 42.8 Å². The Morgan fingerprint density at radius 3 is 2.52 bits per heavy atom. The number of amides is 2. The number of anilines is 1. The number of benzene rings is 2. The van der Waals surface area contributed by atoms with Crippen LogP contribution in [0, 0.1) is 0 Å². The van der Waals surface area contributed by atoms with Gasteiger partial charge in [0.2, 0.25) is 5.91 Å². The molecule has 2 amide bonds. The highest BCUT2D eigenvalue weighted by Crippen LogP contribution is 2.13. The van der Waals surface area contributed by atoms with E-state index in [9.17, 15) is 14.7 Å². The van der Waals surface area contributed by atoms with Crippen molar-refractivity contribution in [3.8, 4) is 5.75 Å². The molecule has 6 nitrogen and oxygen atoms in total. The summed E-state index contributed by atoms with van der Waals surface area (Å²) in [7, 11) is 0. The van der Waals surface area contributed by atoms with E-state index in [4.69, 9.17) is 0 Å². The number of nitrogens with one attached hydrogen (secondary N) is 2. The normalized spacial score (nSPS) is 10.6. The number of rotatable bonds is 7. The van der Waals surface area contributed by atoms with Crippen LogP contribution >= 0.6 is 0 Å². The van der Waals surface area contributed by atoms with Crippen LogP contribution in [0.2, 0.25) is 0 Å². The quantitative estimate of drug-likeness (QED) is 0.534. The molecule has 3 N–H and O–H groups in total. The molecule has 0 radical (unpaired) electrons. The second-order valence-electron chi connectivity index (χ2n) is 5.49. The van der Waals surface area contributed by atoms with E-state index in [1.54, 1.807) is 42.5 Å². The van der Waals surface area contributed by atoms with Gasteiger partial charge in [-0.3, -0.25) is 9.59 Å². The number of unbranched alkanes of at least 4 members (excludes halogenated alkanes) is 1. The maximum atomic E-state index is 12.0. The Labute approximate surface area is 146 Å². The third kappa shape index (κ3) is 5.76. The number of nitrogens with zero attached hydrogens (tertiary/aromatic N) is 1. The summed E-state index contributed by atoms with van der Waals surface area (Å²) in [6, 6.07) is 13.2. The Kier molecular flexibility index (Phi) is 6.71. The lowest BCUT2D eigenvalue weighted by Crippen LogP contribution is -2.17. The SMILES string of the molecule is CCCCC(=O)Nc1ccc(C(=O)N/N=C/c2ccccc2O)cc1. The summed E-state index contributed by atoms with van der Waals surface area (Å²) in [5.41, 5.74) is 3.97. The van der Waals surface area contributed by atoms with Gasteiger partial charge in [0.1, 0.15) is 5.75 Å². The van der Waals surface area contributed by atoms with Gasteiger partial charge in [-0.2, -0.15) is 5.10 Å². The third-order valence-corrected chi connectivity index (χ3v) is 3.49. The van der Waals surface area contributed by atoms with E-state index in [-0.39, 0.29) is 17.6 Å². The third-order valence-electron chi connectivity index (χ3n) is 3.49. The predicted octanol–water partition coefficient (Wildman–Crippen LogP) is 3.28. The van der Waals surface area contributed by atoms with E-state index < -0.39 is 0 Å². The number of carbonyl (C=O) groups is 2. The van der Waals surface area contributed by atoms with Crippen molar-refractivity contribution in [3.63, 3.8) is 0 Å². The summed E-state index contributed by atoms with van der Waals surface area (Å²) < 4.78 is 0. The minimum atomic E-state index is -0.379. The van der Waals surface area contributed by atoms with Crippen molar-refractivity contribution in [2.45, 2.75) is 26.2 Å². The minimum absolute atomic E-state index is 0.0358. The predicted molar refractivity (Wildman–Crippen MR) is 97.8 cm³/mol. The number of phenols is 1. The molecule has 0 saturated heterocycles. The average molecular weight is 339 g/mol. The minimum Gasteiger partial charge on any atom is -0.507 e. The molecule has 25 heavy (non-hydrogen) atoms. The fourth-order valence-corrected chi connectivity index (χ4v) is 2.09. The summed E-state index contributed by atoms with van der Waals surface area (Å²) in [6.07, 6.45) is 3.67. The van der Waals surface area contributed by atoms with Gasteiger partial charge in [0.25, 0.3) is 5.91 Å². The Morgan fingerprint density at radius 2 is 1.84 bits per heavy atom. The van der Waals surface area contributed by atoms with Gasteiger partial charge in [-0.25, -0.2) is 5.43 Å². The van der Waals surface area contributed by atoms with Crippen LogP contribution in [-0.2, 0) is 4.79 Å². The number of hydrogen-bond acceptors (Lipinski definition) is 4. The summed E-state index contributed by atoms with van der Waals surface area (Å²) in [4.78, 5) is 23.7. The molecule has 0 fully saturated rings. The van der Waals surface area contributed by atoms with Crippen LogP contribution in [-0.4, -0.2) is 23.1 Å². The Bertz CT molecular complexity index is 755. The molecule has 2 aromatic rings. The van der Waals surface area contributed by atoms with Gasteiger partial charge in [0, 0.05) is 23.2 Å². The van der Waals surface area contributed by atoms with Crippen LogP contribution in [0.25, 0.3) is 0 Å². The van der Waals surface area contributed by atoms with E-state index in [2.05, 4.69) is 15.8 Å². The molecule has 0 saturated carbocycles. The van der Waals surface area contributed by atoms with Crippen molar-refractivity contribution in [2.75, 3.05) is 5.32 Å². The van der Waals surface area contributed by atoms with Gasteiger partial charge >= 0.3 is 0 Å². The molecule has 130 valence electrons. The van der Waals surface area contributed by atoms with Crippen LogP contribution in [0.1, 0.15) is 42.1 Å². The lowest BCUT2D eigenvalue weighted by molar-refractivity contribution is -0.116. The number of phenolic OH excluding ortho intramolecular Hbond substituents is 1. The van der Waals surface area contributed by atoms with Crippen molar-refractivity contribution in [2.24, 2.45) is 5.10 Å². The lowest BCUT2D eigenvalue weighted by Gasteiger charge is -2.06. The first kappa shape index (κ1) is 18.2. The summed E-state index contributed by atoms with van der Waals surface area (Å²) in [6.45, 7) is 2.03. The van der Waals surface area contributed by atoms with Crippen LogP contribution in [0.4, 0.5) is 5.69 Å². The van der Waals surface area contributed by atoms with E-state index in [1.807, 2.05) is 6.92 Å². The van der Waals surface area contributed by atoms with Crippen LogP contribution in [0.3, 0.4) is 0 Å². The van der Waals surface area contributed by atoms with Crippen molar-refractivity contribution in [1.82, 2.24) is 5.43 Å². The highest BCUT2D eigenvalue weighted by atomic mass is 16.3. The molecule has 0 bridgehead atoms. The molecule has 0 aliphatic heterocycles. The Morgan fingerprint density at radius 1 is 1.12 bits per heavy atom. The first-order chi connectivity index (χ1) is 12.1. The van der Waals surface area contributed by atoms with Crippen LogP contribution in [0.5, 0.6) is 5.75 Å². The van der Waals surface area contributed by atoms with E-state index >= 15 is 0 Å². The number of hydrogen-bond donors (Lipinski definition) is 3. The fraction of sp³-hybridized carbons (Fsp3) is 0.211. The van der Waals surface area contributed by atoms with Crippen molar-refractivity contribution in [1.29, 1.82) is 0 Å². The molecule has 6 heteroatoms. The topological polar surface area (TPSA) is 90.8 Å². The molecule has 0 aliphatic carbocycles. The molecule has 0 atom stereocenters. The largest absolute Gasteiger partial charge is 0.507 e. The maximum absolute atomic E-state index is 12.0. The van der Waals surface area contributed by atoms with Crippen LogP contribution < -0.4 is 10.7 Å². The van der Waals surface area contributed by atoms with E-state index in [0.717, 1.165) is 12.8 Å². The molecule has 2 aromatic carbocycles.